The van der Waals surface area contributed by atoms with Gasteiger partial charge in [-0.15, -0.1) is 0 Å². The highest BCUT2D eigenvalue weighted by Gasteiger charge is 2.52. The Morgan fingerprint density at radius 2 is 1.31 bits per heavy atom. The van der Waals surface area contributed by atoms with Gasteiger partial charge in [0.2, 0.25) is 0 Å². The first-order chi connectivity index (χ1) is 7.24. The molecule has 0 aromatic carbocycles. The summed E-state index contributed by atoms with van der Waals surface area (Å²) in [4.78, 5) is 0. The molecule has 1 aliphatic heterocycles. The van der Waals surface area contributed by atoms with Crippen molar-refractivity contribution in [3.63, 3.8) is 0 Å². The molecule has 2 rings (SSSR count). The summed E-state index contributed by atoms with van der Waals surface area (Å²) in [7, 11) is -0.00639. The Hall–Kier alpha value is -0.0151. The Labute approximate surface area is 100 Å². The minimum absolute atomic E-state index is 0.00639. The van der Waals surface area contributed by atoms with Gasteiger partial charge in [-0.2, -0.15) is 0 Å². The van der Waals surface area contributed by atoms with Gasteiger partial charge in [0.1, 0.15) is 0 Å². The zero-order valence-corrected chi connectivity index (χ0v) is 11.4. The Morgan fingerprint density at radius 3 is 1.75 bits per heavy atom. The second kappa shape index (κ2) is 3.74. The van der Waals surface area contributed by atoms with Crippen LogP contribution in [0.3, 0.4) is 0 Å². The van der Waals surface area contributed by atoms with Gasteiger partial charge in [-0.05, 0) is 52.3 Å². The zero-order chi connectivity index (χ0) is 12.0. The minimum atomic E-state index is -0.174. The van der Waals surface area contributed by atoms with E-state index in [1.54, 1.807) is 0 Å². The molecule has 92 valence electrons. The van der Waals surface area contributed by atoms with Gasteiger partial charge in [-0.3, -0.25) is 0 Å². The van der Waals surface area contributed by atoms with Crippen molar-refractivity contribution in [1.82, 2.24) is 0 Å². The van der Waals surface area contributed by atoms with E-state index >= 15 is 0 Å². The van der Waals surface area contributed by atoms with Gasteiger partial charge in [0.15, 0.2) is 0 Å². The predicted molar refractivity (Wildman–Crippen MR) is 67.5 cm³/mol. The third kappa shape index (κ3) is 2.17. The van der Waals surface area contributed by atoms with Crippen LogP contribution in [0, 0.1) is 5.41 Å². The molecule has 0 unspecified atom stereocenters. The summed E-state index contributed by atoms with van der Waals surface area (Å²) < 4.78 is 12.1. The van der Waals surface area contributed by atoms with Gasteiger partial charge in [0, 0.05) is 0 Å². The summed E-state index contributed by atoms with van der Waals surface area (Å²) in [6.45, 7) is 10.9. The molecule has 0 atom stereocenters. The van der Waals surface area contributed by atoms with Crippen LogP contribution in [0.1, 0.15) is 60.3 Å². The number of hydrogen-bond donors (Lipinski definition) is 0. The molecule has 0 spiro atoms. The number of rotatable bonds is 2. The Kier molecular flexibility index (Phi) is 2.91. The van der Waals surface area contributed by atoms with E-state index in [0.29, 0.717) is 5.41 Å². The minimum Gasteiger partial charge on any atom is -0.403 e. The maximum absolute atomic E-state index is 6.07. The van der Waals surface area contributed by atoms with Crippen molar-refractivity contribution >= 4 is 7.12 Å². The standard InChI is InChI=1S/C13H25BO2/c1-11(2)12(3,4)16-14(15-11)10-13(5)8-6-7-9-13/h6-10H2,1-5H3. The molecule has 1 saturated heterocycles. The van der Waals surface area contributed by atoms with Crippen molar-refractivity contribution in [1.29, 1.82) is 0 Å². The second-order valence-corrected chi connectivity index (χ2v) is 6.91. The van der Waals surface area contributed by atoms with E-state index in [1.807, 2.05) is 0 Å². The smallest absolute Gasteiger partial charge is 0.403 e. The Morgan fingerprint density at radius 1 is 0.875 bits per heavy atom. The highest BCUT2D eigenvalue weighted by Crippen LogP contribution is 2.46. The molecule has 0 aromatic heterocycles. The maximum Gasteiger partial charge on any atom is 0.458 e. The van der Waals surface area contributed by atoms with Gasteiger partial charge < -0.3 is 9.31 Å². The van der Waals surface area contributed by atoms with Crippen LogP contribution in [0.4, 0.5) is 0 Å². The molecular formula is C13H25BO2. The first kappa shape index (κ1) is 12.4. The van der Waals surface area contributed by atoms with E-state index < -0.39 is 0 Å². The third-order valence-electron chi connectivity index (χ3n) is 4.77. The van der Waals surface area contributed by atoms with E-state index in [4.69, 9.17) is 9.31 Å². The van der Waals surface area contributed by atoms with Crippen LogP contribution in [-0.2, 0) is 9.31 Å². The average molecular weight is 224 g/mol. The summed E-state index contributed by atoms with van der Waals surface area (Å²) in [5.41, 5.74) is 0.0976. The quantitative estimate of drug-likeness (QED) is 0.666. The maximum atomic E-state index is 6.07. The molecule has 1 heterocycles. The molecule has 0 radical (unpaired) electrons. The van der Waals surface area contributed by atoms with E-state index in [-0.39, 0.29) is 18.3 Å². The van der Waals surface area contributed by atoms with Crippen LogP contribution in [0.15, 0.2) is 0 Å². The van der Waals surface area contributed by atoms with Crippen molar-refractivity contribution in [2.45, 2.75) is 77.8 Å². The van der Waals surface area contributed by atoms with Crippen LogP contribution in [0.25, 0.3) is 0 Å². The lowest BCUT2D eigenvalue weighted by Gasteiger charge is -2.32. The molecule has 3 heteroatoms. The molecule has 2 fully saturated rings. The molecule has 2 nitrogen and oxygen atoms in total. The highest BCUT2D eigenvalue weighted by atomic mass is 16.7. The van der Waals surface area contributed by atoms with E-state index in [2.05, 4.69) is 34.6 Å². The van der Waals surface area contributed by atoms with Crippen LogP contribution in [0.5, 0.6) is 0 Å². The fourth-order valence-electron chi connectivity index (χ4n) is 2.88. The fraction of sp³-hybridized carbons (Fsp3) is 1.00. The Bertz CT molecular complexity index is 251. The van der Waals surface area contributed by atoms with Crippen LogP contribution in [0.2, 0.25) is 6.32 Å². The van der Waals surface area contributed by atoms with Gasteiger partial charge in [-0.25, -0.2) is 0 Å². The topological polar surface area (TPSA) is 18.5 Å². The Balaban J connectivity index is 1.99. The molecule has 0 bridgehead atoms. The first-order valence-electron chi connectivity index (χ1n) is 6.60. The lowest BCUT2D eigenvalue weighted by molar-refractivity contribution is 0.00578. The lowest BCUT2D eigenvalue weighted by atomic mass is 9.68. The van der Waals surface area contributed by atoms with Crippen molar-refractivity contribution in [3.05, 3.63) is 0 Å². The van der Waals surface area contributed by atoms with Crippen molar-refractivity contribution in [2.75, 3.05) is 0 Å². The summed E-state index contributed by atoms with van der Waals surface area (Å²) in [6, 6.07) is 0. The first-order valence-corrected chi connectivity index (χ1v) is 6.60. The monoisotopic (exact) mass is 224 g/mol. The van der Waals surface area contributed by atoms with E-state index in [0.717, 1.165) is 6.32 Å². The zero-order valence-electron chi connectivity index (χ0n) is 11.4. The van der Waals surface area contributed by atoms with Crippen molar-refractivity contribution in [2.24, 2.45) is 5.41 Å². The SMILES string of the molecule is CC1(CB2OC(C)(C)C(C)(C)O2)CCCC1. The third-order valence-corrected chi connectivity index (χ3v) is 4.77. The van der Waals surface area contributed by atoms with Crippen LogP contribution >= 0.6 is 0 Å². The van der Waals surface area contributed by atoms with Gasteiger partial charge in [-0.1, -0.05) is 19.8 Å². The van der Waals surface area contributed by atoms with E-state index in [1.165, 1.54) is 25.7 Å². The highest BCUT2D eigenvalue weighted by molar-refractivity contribution is 6.45. The molecule has 2 aliphatic rings. The van der Waals surface area contributed by atoms with Crippen molar-refractivity contribution in [3.8, 4) is 0 Å². The second-order valence-electron chi connectivity index (χ2n) is 6.91. The number of hydrogen-bond acceptors (Lipinski definition) is 2. The van der Waals surface area contributed by atoms with Crippen LogP contribution in [-0.4, -0.2) is 18.3 Å². The molecule has 0 aromatic rings. The molecule has 1 saturated carbocycles. The van der Waals surface area contributed by atoms with Crippen molar-refractivity contribution < 1.29 is 9.31 Å². The van der Waals surface area contributed by atoms with E-state index in [9.17, 15) is 0 Å². The molecular weight excluding hydrogens is 199 g/mol. The molecule has 1 aliphatic carbocycles. The predicted octanol–water partition coefficient (Wildman–Crippen LogP) is 3.66. The molecule has 0 amide bonds. The fourth-order valence-corrected chi connectivity index (χ4v) is 2.88. The summed E-state index contributed by atoms with van der Waals surface area (Å²) >= 11 is 0. The summed E-state index contributed by atoms with van der Waals surface area (Å²) in [6.07, 6.45) is 6.46. The summed E-state index contributed by atoms with van der Waals surface area (Å²) in [5, 5.41) is 0. The molecule has 16 heavy (non-hydrogen) atoms. The summed E-state index contributed by atoms with van der Waals surface area (Å²) in [5.74, 6) is 0. The molecule has 0 N–H and O–H groups in total. The van der Waals surface area contributed by atoms with Gasteiger partial charge in [0.05, 0.1) is 11.2 Å². The normalized spacial score (nSPS) is 30.9. The largest absolute Gasteiger partial charge is 0.458 e. The van der Waals surface area contributed by atoms with Crippen LogP contribution < -0.4 is 0 Å². The van der Waals surface area contributed by atoms with Gasteiger partial charge >= 0.3 is 7.12 Å². The van der Waals surface area contributed by atoms with Gasteiger partial charge in [0.25, 0.3) is 0 Å². The average Bonchev–Trinajstić information content (AvgIpc) is 2.56. The lowest BCUT2D eigenvalue weighted by Crippen LogP contribution is -2.41.